The molecule has 1 aliphatic rings. The minimum absolute atomic E-state index is 0.142. The molecule has 0 amide bonds. The third-order valence-corrected chi connectivity index (χ3v) is 8.66. The molecule has 40 heavy (non-hydrogen) atoms. The van der Waals surface area contributed by atoms with E-state index in [-0.39, 0.29) is 16.7 Å². The molecule has 2 aromatic carbocycles. The summed E-state index contributed by atoms with van der Waals surface area (Å²) in [5.41, 5.74) is 5.09. The number of likely N-dealkylation sites (N-methyl/N-ethyl adjacent to an activating group) is 1. The van der Waals surface area contributed by atoms with E-state index in [2.05, 4.69) is 67.9 Å². The summed E-state index contributed by atoms with van der Waals surface area (Å²) in [5.74, 6) is -0.802. The van der Waals surface area contributed by atoms with Crippen LogP contribution in [-0.4, -0.2) is 37.1 Å². The number of hydrogen-bond acceptors (Lipinski definition) is 5. The highest BCUT2D eigenvalue weighted by Crippen LogP contribution is 2.47. The Morgan fingerprint density at radius 3 is 2.48 bits per heavy atom. The van der Waals surface area contributed by atoms with Gasteiger partial charge >= 0.3 is 5.97 Å². The zero-order chi connectivity index (χ0) is 29.7. The molecule has 0 aliphatic carbocycles. The van der Waals surface area contributed by atoms with Crippen molar-refractivity contribution in [3.63, 3.8) is 0 Å². The lowest BCUT2D eigenvalue weighted by Gasteiger charge is -2.30. The maximum absolute atomic E-state index is 12.0. The Hall–Kier alpha value is -3.36. The molecule has 0 saturated carbocycles. The van der Waals surface area contributed by atoms with Gasteiger partial charge in [-0.2, -0.15) is 8.42 Å². The highest BCUT2D eigenvalue weighted by Gasteiger charge is 2.38. The Morgan fingerprint density at radius 2 is 1.82 bits per heavy atom. The Balaban J connectivity index is 1.86. The number of nitrogens with one attached hydrogen (secondary N) is 1. The molecule has 0 bridgehead atoms. The molecule has 0 saturated heterocycles. The van der Waals surface area contributed by atoms with Crippen molar-refractivity contribution in [1.29, 1.82) is 0 Å². The second-order valence-corrected chi connectivity index (χ2v) is 12.7. The number of fused-ring (bicyclic) bond motifs is 1. The van der Waals surface area contributed by atoms with Crippen LogP contribution in [0, 0.1) is 0 Å². The van der Waals surface area contributed by atoms with Gasteiger partial charge in [-0.25, -0.2) is 0 Å². The summed E-state index contributed by atoms with van der Waals surface area (Å²) in [6, 6.07) is 13.0. The highest BCUT2D eigenvalue weighted by atomic mass is 32.2. The zero-order valence-corrected chi connectivity index (χ0v) is 25.0. The van der Waals surface area contributed by atoms with E-state index in [0.29, 0.717) is 18.5 Å². The smallest absolute Gasteiger partial charge is 0.303 e. The van der Waals surface area contributed by atoms with E-state index < -0.39 is 21.5 Å². The second kappa shape index (κ2) is 12.4. The number of allylic oxidation sites excluding steroid dienone is 5. The van der Waals surface area contributed by atoms with E-state index in [1.165, 1.54) is 29.1 Å². The molecule has 2 aromatic rings. The standard InChI is InChI=1S/C32H42N2O5S/c1-7-34-28-16-11-10-15-25(28)32(5,6)29(34)17-13-14-23(2)31(3,4)26-22-24(40(37,38)39)19-20-27(26)33-21-12-8-9-18-30(35)36/h10-11,13-17,19-20,22,33H,2,7-9,12,18,21H2,1,3-6H3,(H,35,36)(H,37,38,39)/b14-13+,29-17+. The third-order valence-electron chi connectivity index (χ3n) is 7.81. The zero-order valence-electron chi connectivity index (χ0n) is 24.2. The second-order valence-electron chi connectivity index (χ2n) is 11.3. The lowest BCUT2D eigenvalue weighted by Crippen LogP contribution is -2.25. The van der Waals surface area contributed by atoms with Crippen LogP contribution in [0.25, 0.3) is 0 Å². The molecule has 3 rings (SSSR count). The number of carbonyl (C=O) groups is 1. The molecule has 7 nitrogen and oxygen atoms in total. The van der Waals surface area contributed by atoms with Crippen LogP contribution in [0.4, 0.5) is 11.4 Å². The van der Waals surface area contributed by atoms with Crippen LogP contribution in [-0.2, 0) is 25.7 Å². The average molecular weight is 567 g/mol. The van der Waals surface area contributed by atoms with Gasteiger partial charge in [0.05, 0.1) is 4.90 Å². The molecule has 0 fully saturated rings. The number of benzene rings is 2. The Labute approximate surface area is 239 Å². The molecule has 1 heterocycles. The fourth-order valence-electron chi connectivity index (χ4n) is 5.27. The SMILES string of the molecule is C=C(/C=C/C=C1/N(CC)c2ccccc2C1(C)C)C(C)(C)c1cc(S(=O)(=O)O)ccc1NCCCCCC(=O)O. The minimum Gasteiger partial charge on any atom is -0.481 e. The Kier molecular flexibility index (Phi) is 9.69. The largest absolute Gasteiger partial charge is 0.481 e. The van der Waals surface area contributed by atoms with Crippen molar-refractivity contribution in [3.05, 3.63) is 89.7 Å². The first-order chi connectivity index (χ1) is 18.7. The van der Waals surface area contributed by atoms with E-state index in [1.54, 1.807) is 6.07 Å². The van der Waals surface area contributed by atoms with Crippen LogP contribution >= 0.6 is 0 Å². The number of nitrogens with zero attached hydrogens (tertiary/aromatic N) is 1. The lowest BCUT2D eigenvalue weighted by atomic mass is 9.77. The van der Waals surface area contributed by atoms with Gasteiger partial charge in [0.15, 0.2) is 0 Å². The molecular formula is C32H42N2O5S. The van der Waals surface area contributed by atoms with E-state index in [9.17, 15) is 17.8 Å². The molecule has 8 heteroatoms. The van der Waals surface area contributed by atoms with Gasteiger partial charge in [0.25, 0.3) is 10.1 Å². The van der Waals surface area contributed by atoms with E-state index in [0.717, 1.165) is 30.6 Å². The monoisotopic (exact) mass is 566 g/mol. The molecule has 216 valence electrons. The molecular weight excluding hydrogens is 524 g/mol. The van der Waals surface area contributed by atoms with Crippen LogP contribution < -0.4 is 10.2 Å². The fourth-order valence-corrected chi connectivity index (χ4v) is 5.78. The van der Waals surface area contributed by atoms with Crippen LogP contribution in [0.5, 0.6) is 0 Å². The first-order valence-electron chi connectivity index (χ1n) is 13.7. The Morgan fingerprint density at radius 1 is 1.12 bits per heavy atom. The predicted molar refractivity (Wildman–Crippen MR) is 163 cm³/mol. The van der Waals surface area contributed by atoms with Crippen molar-refractivity contribution in [2.24, 2.45) is 0 Å². The van der Waals surface area contributed by atoms with Crippen molar-refractivity contribution >= 4 is 27.5 Å². The molecule has 1 aliphatic heterocycles. The van der Waals surface area contributed by atoms with E-state index in [4.69, 9.17) is 5.11 Å². The summed E-state index contributed by atoms with van der Waals surface area (Å²) in [4.78, 5) is 12.9. The topological polar surface area (TPSA) is 107 Å². The van der Waals surface area contributed by atoms with Gasteiger partial charge in [-0.1, -0.05) is 71.0 Å². The number of unbranched alkanes of at least 4 members (excludes halogenated alkanes) is 2. The fraction of sp³-hybridized carbons (Fsp3) is 0.406. The number of para-hydroxylation sites is 1. The number of hydrogen-bond donors (Lipinski definition) is 3. The molecule has 0 aromatic heterocycles. The summed E-state index contributed by atoms with van der Waals surface area (Å²) >= 11 is 0. The van der Waals surface area contributed by atoms with Gasteiger partial charge in [-0.05, 0) is 66.8 Å². The van der Waals surface area contributed by atoms with E-state index >= 15 is 0 Å². The number of carboxylic acids is 1. The summed E-state index contributed by atoms with van der Waals surface area (Å²) in [7, 11) is -4.39. The van der Waals surface area contributed by atoms with Crippen LogP contribution in [0.3, 0.4) is 0 Å². The van der Waals surface area contributed by atoms with E-state index in [1.807, 2.05) is 26.0 Å². The predicted octanol–water partition coefficient (Wildman–Crippen LogP) is 7.08. The van der Waals surface area contributed by atoms with Crippen molar-refractivity contribution in [2.45, 2.75) is 76.0 Å². The summed E-state index contributed by atoms with van der Waals surface area (Å²) in [6.07, 6.45) is 8.35. The van der Waals surface area contributed by atoms with Gasteiger partial charge in [-0.3, -0.25) is 9.35 Å². The number of rotatable bonds is 13. The van der Waals surface area contributed by atoms with Crippen molar-refractivity contribution < 1.29 is 22.9 Å². The first kappa shape index (κ1) is 31.2. The van der Waals surface area contributed by atoms with Gasteiger partial charge in [0, 0.05) is 47.4 Å². The maximum atomic E-state index is 12.0. The van der Waals surface area contributed by atoms with Crippen LogP contribution in [0.1, 0.15) is 71.4 Å². The van der Waals surface area contributed by atoms with Gasteiger partial charge in [-0.15, -0.1) is 0 Å². The van der Waals surface area contributed by atoms with Gasteiger partial charge in [0.1, 0.15) is 0 Å². The Bertz CT molecular complexity index is 1420. The van der Waals surface area contributed by atoms with Crippen LogP contribution in [0.15, 0.2) is 83.4 Å². The normalized spacial score (nSPS) is 15.9. The first-order valence-corrected chi connectivity index (χ1v) is 15.2. The van der Waals surface area contributed by atoms with Crippen molar-refractivity contribution in [1.82, 2.24) is 0 Å². The summed E-state index contributed by atoms with van der Waals surface area (Å²) in [6.45, 7) is 16.3. The molecule has 0 spiro atoms. The molecule has 0 atom stereocenters. The maximum Gasteiger partial charge on any atom is 0.303 e. The van der Waals surface area contributed by atoms with Crippen LogP contribution in [0.2, 0.25) is 0 Å². The van der Waals surface area contributed by atoms with Crippen molar-refractivity contribution in [2.75, 3.05) is 23.3 Å². The summed E-state index contributed by atoms with van der Waals surface area (Å²) < 4.78 is 33.6. The summed E-state index contributed by atoms with van der Waals surface area (Å²) in [5, 5.41) is 12.2. The molecule has 0 unspecified atom stereocenters. The molecule has 0 radical (unpaired) electrons. The average Bonchev–Trinajstić information content (AvgIpc) is 3.11. The lowest BCUT2D eigenvalue weighted by molar-refractivity contribution is -0.137. The quantitative estimate of drug-likeness (QED) is 0.135. The number of anilines is 2. The van der Waals surface area contributed by atoms with Gasteiger partial charge < -0.3 is 15.3 Å². The third kappa shape index (κ3) is 6.85. The molecule has 3 N–H and O–H groups in total. The number of aliphatic carboxylic acids is 1. The van der Waals surface area contributed by atoms with Gasteiger partial charge in [0.2, 0.25) is 0 Å². The van der Waals surface area contributed by atoms with Crippen molar-refractivity contribution in [3.8, 4) is 0 Å². The minimum atomic E-state index is -4.39. The highest BCUT2D eigenvalue weighted by molar-refractivity contribution is 7.85. The number of carboxylic acid groups (broad SMARTS) is 1.